The third-order valence-corrected chi connectivity index (χ3v) is 4.18. The number of hydrogen-bond donors (Lipinski definition) is 0. The van der Waals surface area contributed by atoms with Gasteiger partial charge in [0.15, 0.2) is 6.61 Å². The molecule has 1 aliphatic rings. The molecule has 0 N–H and O–H groups in total. The van der Waals surface area contributed by atoms with Gasteiger partial charge in [0.2, 0.25) is 0 Å². The summed E-state index contributed by atoms with van der Waals surface area (Å²) in [5, 5.41) is 0. The summed E-state index contributed by atoms with van der Waals surface area (Å²) in [5.41, 5.74) is -0.171. The molecule has 4 nitrogen and oxygen atoms in total. The van der Waals surface area contributed by atoms with E-state index < -0.39 is 11.8 Å². The molecule has 1 heterocycles. The number of carbonyl (C=O) groups excluding carboxylic acids is 2. The molecule has 1 fully saturated rings. The van der Waals surface area contributed by atoms with Crippen LogP contribution >= 0.6 is 15.9 Å². The number of likely N-dealkylation sites (tertiary alicyclic amines) is 1. The van der Waals surface area contributed by atoms with E-state index in [2.05, 4.69) is 15.9 Å². The molecule has 0 aromatic heterocycles. The smallest absolute Gasteiger partial charge is 0.341 e. The average molecular weight is 372 g/mol. The Bertz CT molecular complexity index is 542. The van der Waals surface area contributed by atoms with E-state index in [-0.39, 0.29) is 18.1 Å². The molecule has 120 valence electrons. The van der Waals surface area contributed by atoms with Gasteiger partial charge in [0.05, 0.1) is 5.56 Å². The van der Waals surface area contributed by atoms with Gasteiger partial charge in [-0.05, 0) is 31.0 Å². The second-order valence-electron chi connectivity index (χ2n) is 5.35. The Labute approximate surface area is 137 Å². The minimum atomic E-state index is -0.820. The average Bonchev–Trinajstić information content (AvgIpc) is 2.46. The highest BCUT2D eigenvalue weighted by molar-refractivity contribution is 9.10. The number of carbonyl (C=O) groups is 2. The summed E-state index contributed by atoms with van der Waals surface area (Å²) in [5.74, 6) is -1.70. The molecule has 0 radical (unpaired) electrons. The lowest BCUT2D eigenvalue weighted by Crippen LogP contribution is -2.37. The topological polar surface area (TPSA) is 46.6 Å². The fourth-order valence-electron chi connectivity index (χ4n) is 2.45. The minimum absolute atomic E-state index is 0.171. The monoisotopic (exact) mass is 371 g/mol. The van der Waals surface area contributed by atoms with Crippen LogP contribution in [0.5, 0.6) is 0 Å². The molecule has 0 saturated carbocycles. The van der Waals surface area contributed by atoms with Gasteiger partial charge in [0.25, 0.3) is 5.91 Å². The quantitative estimate of drug-likeness (QED) is 0.763. The highest BCUT2D eigenvalue weighted by Gasteiger charge is 2.19. The Morgan fingerprint density at radius 3 is 2.45 bits per heavy atom. The normalized spacial score (nSPS) is 15.8. The minimum Gasteiger partial charge on any atom is -0.452 e. The van der Waals surface area contributed by atoms with E-state index in [1.165, 1.54) is 24.6 Å². The summed E-state index contributed by atoms with van der Waals surface area (Å²) >= 11 is 3.17. The standard InChI is InChI=1S/C16H19BrFNO3/c17-12-6-7-14(18)13(10-12)16(21)22-11-15(20)19-8-4-2-1-3-5-9-19/h6-7,10H,1-5,8-9,11H2. The third-order valence-electron chi connectivity index (χ3n) is 3.68. The Balaban J connectivity index is 1.89. The lowest BCUT2D eigenvalue weighted by molar-refractivity contribution is -0.134. The summed E-state index contributed by atoms with van der Waals surface area (Å²) < 4.78 is 19.1. The van der Waals surface area contributed by atoms with Gasteiger partial charge in [-0.25, -0.2) is 9.18 Å². The largest absolute Gasteiger partial charge is 0.452 e. The van der Waals surface area contributed by atoms with Gasteiger partial charge in [-0.15, -0.1) is 0 Å². The summed E-state index contributed by atoms with van der Waals surface area (Å²) in [4.78, 5) is 25.7. The molecule has 6 heteroatoms. The van der Waals surface area contributed by atoms with Crippen LogP contribution in [-0.2, 0) is 9.53 Å². The van der Waals surface area contributed by atoms with E-state index in [9.17, 15) is 14.0 Å². The summed E-state index contributed by atoms with van der Waals surface area (Å²) in [6, 6.07) is 4.02. The lowest BCUT2D eigenvalue weighted by Gasteiger charge is -2.24. The molecule has 1 aliphatic heterocycles. The van der Waals surface area contributed by atoms with Crippen molar-refractivity contribution in [2.24, 2.45) is 0 Å². The van der Waals surface area contributed by atoms with Crippen molar-refractivity contribution in [1.29, 1.82) is 0 Å². The van der Waals surface area contributed by atoms with Gasteiger partial charge < -0.3 is 9.64 Å². The molecule has 1 saturated heterocycles. The Hall–Kier alpha value is -1.43. The molecule has 1 amide bonds. The van der Waals surface area contributed by atoms with E-state index in [1.807, 2.05) is 0 Å². The SMILES string of the molecule is O=C(OCC(=O)N1CCCCCCC1)c1cc(Br)ccc1F. The number of amides is 1. The van der Waals surface area contributed by atoms with E-state index in [0.717, 1.165) is 25.7 Å². The zero-order valence-corrected chi connectivity index (χ0v) is 13.9. The molecule has 22 heavy (non-hydrogen) atoms. The van der Waals surface area contributed by atoms with Crippen molar-refractivity contribution in [3.63, 3.8) is 0 Å². The molecule has 0 unspecified atom stereocenters. The molecule has 0 aliphatic carbocycles. The Morgan fingerprint density at radius 2 is 1.77 bits per heavy atom. The van der Waals surface area contributed by atoms with Gasteiger partial charge in [-0.2, -0.15) is 0 Å². The molecule has 1 aromatic rings. The maximum atomic E-state index is 13.6. The van der Waals surface area contributed by atoms with Crippen LogP contribution in [0.25, 0.3) is 0 Å². The Morgan fingerprint density at radius 1 is 1.14 bits per heavy atom. The zero-order chi connectivity index (χ0) is 15.9. The van der Waals surface area contributed by atoms with Crippen molar-refractivity contribution in [1.82, 2.24) is 4.90 Å². The maximum Gasteiger partial charge on any atom is 0.341 e. The predicted octanol–water partition coefficient (Wildman–Crippen LogP) is 3.54. The van der Waals surface area contributed by atoms with Crippen molar-refractivity contribution in [2.75, 3.05) is 19.7 Å². The van der Waals surface area contributed by atoms with Crippen LogP contribution in [0.4, 0.5) is 4.39 Å². The van der Waals surface area contributed by atoms with Crippen molar-refractivity contribution in [3.8, 4) is 0 Å². The maximum absolute atomic E-state index is 13.6. The molecule has 0 atom stereocenters. The lowest BCUT2D eigenvalue weighted by atomic mass is 10.1. The van der Waals surface area contributed by atoms with Crippen molar-refractivity contribution in [3.05, 3.63) is 34.1 Å². The van der Waals surface area contributed by atoms with Gasteiger partial charge in [0.1, 0.15) is 5.82 Å². The van der Waals surface area contributed by atoms with Crippen molar-refractivity contribution >= 4 is 27.8 Å². The third kappa shape index (κ3) is 4.80. The van der Waals surface area contributed by atoms with Crippen LogP contribution in [0.3, 0.4) is 0 Å². The first-order valence-electron chi connectivity index (χ1n) is 7.48. The number of hydrogen-bond acceptors (Lipinski definition) is 3. The first-order chi connectivity index (χ1) is 10.6. The summed E-state index contributed by atoms with van der Waals surface area (Å²) in [7, 11) is 0. The second kappa shape index (κ2) is 8.27. The highest BCUT2D eigenvalue weighted by atomic mass is 79.9. The molecular weight excluding hydrogens is 353 g/mol. The Kier molecular flexibility index (Phi) is 6.36. The summed E-state index contributed by atoms with van der Waals surface area (Å²) in [6.07, 6.45) is 5.39. The first kappa shape index (κ1) is 16.9. The molecule has 0 spiro atoms. The number of benzene rings is 1. The van der Waals surface area contributed by atoms with E-state index in [1.54, 1.807) is 4.90 Å². The van der Waals surface area contributed by atoms with Crippen LogP contribution in [0.2, 0.25) is 0 Å². The number of nitrogens with zero attached hydrogens (tertiary/aromatic N) is 1. The second-order valence-corrected chi connectivity index (χ2v) is 6.26. The predicted molar refractivity (Wildman–Crippen MR) is 84.0 cm³/mol. The molecule has 0 bridgehead atoms. The first-order valence-corrected chi connectivity index (χ1v) is 8.27. The fourth-order valence-corrected chi connectivity index (χ4v) is 2.81. The number of rotatable bonds is 3. The van der Waals surface area contributed by atoms with Crippen LogP contribution in [0.1, 0.15) is 42.5 Å². The van der Waals surface area contributed by atoms with E-state index >= 15 is 0 Å². The highest BCUT2D eigenvalue weighted by Crippen LogP contribution is 2.16. The van der Waals surface area contributed by atoms with E-state index in [4.69, 9.17) is 4.74 Å². The molecule has 2 rings (SSSR count). The zero-order valence-electron chi connectivity index (χ0n) is 12.3. The van der Waals surface area contributed by atoms with Gasteiger partial charge in [-0.3, -0.25) is 4.79 Å². The van der Waals surface area contributed by atoms with Crippen LogP contribution in [0.15, 0.2) is 22.7 Å². The van der Waals surface area contributed by atoms with Crippen LogP contribution < -0.4 is 0 Å². The van der Waals surface area contributed by atoms with Crippen LogP contribution in [0, 0.1) is 5.82 Å². The molecular formula is C16H19BrFNO3. The van der Waals surface area contributed by atoms with E-state index in [0.29, 0.717) is 17.6 Å². The fraction of sp³-hybridized carbons (Fsp3) is 0.500. The molecule has 1 aromatic carbocycles. The van der Waals surface area contributed by atoms with Crippen molar-refractivity contribution in [2.45, 2.75) is 32.1 Å². The van der Waals surface area contributed by atoms with Crippen LogP contribution in [-0.4, -0.2) is 36.5 Å². The van der Waals surface area contributed by atoms with Gasteiger partial charge >= 0.3 is 5.97 Å². The number of esters is 1. The van der Waals surface area contributed by atoms with Gasteiger partial charge in [0, 0.05) is 17.6 Å². The van der Waals surface area contributed by atoms with Crippen molar-refractivity contribution < 1.29 is 18.7 Å². The summed E-state index contributed by atoms with van der Waals surface area (Å²) in [6.45, 7) is 1.05. The number of ether oxygens (including phenoxy) is 1. The van der Waals surface area contributed by atoms with Gasteiger partial charge in [-0.1, -0.05) is 35.2 Å². The number of halogens is 2.